The van der Waals surface area contributed by atoms with Crippen LogP contribution in [0.1, 0.15) is 38.5 Å². The minimum Gasteiger partial charge on any atom is -0.455 e. The molecule has 1 saturated carbocycles. The Bertz CT molecular complexity index is 715. The van der Waals surface area contributed by atoms with Crippen molar-refractivity contribution in [2.45, 2.75) is 74.2 Å². The van der Waals surface area contributed by atoms with Crippen molar-refractivity contribution in [2.24, 2.45) is 0 Å². The van der Waals surface area contributed by atoms with Crippen LogP contribution < -0.4 is 0 Å². The summed E-state index contributed by atoms with van der Waals surface area (Å²) in [4.78, 5) is 23.1. The van der Waals surface area contributed by atoms with Crippen LogP contribution in [0.15, 0.2) is 12.7 Å². The molecule has 4 rings (SSSR count). The van der Waals surface area contributed by atoms with Crippen LogP contribution in [0.5, 0.6) is 0 Å². The van der Waals surface area contributed by atoms with Crippen molar-refractivity contribution in [1.82, 2.24) is 4.31 Å². The molecule has 0 aromatic carbocycles. The fourth-order valence-electron chi connectivity index (χ4n) is 4.84. The highest BCUT2D eigenvalue weighted by molar-refractivity contribution is 7.90. The van der Waals surface area contributed by atoms with Crippen molar-refractivity contribution < 1.29 is 32.2 Å². The fraction of sp³-hybridized carbons (Fsp3) is 0.765. The summed E-state index contributed by atoms with van der Waals surface area (Å²) in [5, 5.41) is -0.534. The molecule has 8 nitrogen and oxygen atoms in total. The van der Waals surface area contributed by atoms with Crippen molar-refractivity contribution >= 4 is 22.0 Å². The van der Waals surface area contributed by atoms with Gasteiger partial charge in [0.05, 0.1) is 18.2 Å². The van der Waals surface area contributed by atoms with E-state index in [1.807, 2.05) is 0 Å². The van der Waals surface area contributed by atoms with E-state index in [0.717, 1.165) is 38.2 Å². The highest BCUT2D eigenvalue weighted by Gasteiger charge is 2.70. The number of carbonyl (C=O) groups excluding carboxylic acids is 2. The van der Waals surface area contributed by atoms with Crippen LogP contribution in [-0.4, -0.2) is 66.9 Å². The summed E-state index contributed by atoms with van der Waals surface area (Å²) in [7, 11) is -3.45. The maximum absolute atomic E-state index is 13.0. The summed E-state index contributed by atoms with van der Waals surface area (Å²) in [6.45, 7) is 2.74. The first-order chi connectivity index (χ1) is 12.4. The molecule has 144 valence electrons. The minimum atomic E-state index is -3.45. The van der Waals surface area contributed by atoms with Crippen LogP contribution in [0.4, 0.5) is 0 Å². The Morgan fingerprint density at radius 2 is 1.96 bits per heavy atom. The second-order valence-electron chi connectivity index (χ2n) is 7.34. The average Bonchev–Trinajstić information content (AvgIpc) is 3.24. The van der Waals surface area contributed by atoms with Gasteiger partial charge >= 0.3 is 11.9 Å². The van der Waals surface area contributed by atoms with Crippen LogP contribution in [0.25, 0.3) is 0 Å². The Kier molecular flexibility index (Phi) is 4.56. The van der Waals surface area contributed by atoms with Gasteiger partial charge in [0.15, 0.2) is 6.61 Å². The third-order valence-electron chi connectivity index (χ3n) is 5.87. The van der Waals surface area contributed by atoms with Gasteiger partial charge in [-0.2, -0.15) is 4.31 Å². The zero-order valence-electron chi connectivity index (χ0n) is 14.4. The van der Waals surface area contributed by atoms with Crippen molar-refractivity contribution in [3.63, 3.8) is 0 Å². The largest absolute Gasteiger partial charge is 0.455 e. The first-order valence-electron chi connectivity index (χ1n) is 9.10. The van der Waals surface area contributed by atoms with Crippen LogP contribution in [0.3, 0.4) is 0 Å². The van der Waals surface area contributed by atoms with Crippen LogP contribution in [0.2, 0.25) is 0 Å². The molecule has 3 saturated heterocycles. The second kappa shape index (κ2) is 6.61. The van der Waals surface area contributed by atoms with Gasteiger partial charge in [-0.3, -0.25) is 0 Å². The van der Waals surface area contributed by atoms with Crippen molar-refractivity contribution in [2.75, 3.05) is 6.61 Å². The van der Waals surface area contributed by atoms with E-state index < -0.39 is 58.2 Å². The monoisotopic (exact) mass is 385 g/mol. The molecule has 0 aromatic rings. The van der Waals surface area contributed by atoms with E-state index in [1.54, 1.807) is 4.31 Å². The lowest BCUT2D eigenvalue weighted by molar-refractivity contribution is -0.163. The predicted octanol–water partition coefficient (Wildman–Crippen LogP) is 0.514. The molecule has 5 unspecified atom stereocenters. The number of fused-ring (bicyclic) bond motifs is 1. The molecule has 1 aliphatic carbocycles. The smallest absolute Gasteiger partial charge is 0.344 e. The molecule has 5 atom stereocenters. The average molecular weight is 385 g/mol. The molecule has 4 fully saturated rings. The molecule has 26 heavy (non-hydrogen) atoms. The quantitative estimate of drug-likeness (QED) is 0.502. The van der Waals surface area contributed by atoms with Gasteiger partial charge in [0, 0.05) is 12.1 Å². The standard InChI is InChI=1S/C17H23NO7S/c1-2-13(19)23-9-14(20)25-16-11-8-12-17(24-11)15(16)18(26(12,21)22)10-6-4-3-5-7-10/h2,10-12,15-17H,1,3-9H2. The summed E-state index contributed by atoms with van der Waals surface area (Å²) < 4.78 is 43.7. The predicted molar refractivity (Wildman–Crippen MR) is 89.5 cm³/mol. The van der Waals surface area contributed by atoms with E-state index in [9.17, 15) is 18.0 Å². The van der Waals surface area contributed by atoms with Crippen molar-refractivity contribution in [3.05, 3.63) is 12.7 Å². The zero-order chi connectivity index (χ0) is 18.5. The number of ether oxygens (including phenoxy) is 3. The molecule has 3 aliphatic heterocycles. The van der Waals surface area contributed by atoms with Gasteiger partial charge in [-0.05, 0) is 19.3 Å². The van der Waals surface area contributed by atoms with Crippen molar-refractivity contribution in [3.8, 4) is 0 Å². The third-order valence-corrected chi connectivity index (χ3v) is 8.23. The first kappa shape index (κ1) is 17.9. The summed E-state index contributed by atoms with van der Waals surface area (Å²) in [5.41, 5.74) is 0. The number of nitrogens with zero attached hydrogens (tertiary/aromatic N) is 1. The number of esters is 2. The molecule has 0 amide bonds. The summed E-state index contributed by atoms with van der Waals surface area (Å²) >= 11 is 0. The molecule has 3 heterocycles. The molecule has 0 aromatic heterocycles. The number of hydrogen-bond acceptors (Lipinski definition) is 7. The van der Waals surface area contributed by atoms with Gasteiger partial charge < -0.3 is 14.2 Å². The van der Waals surface area contributed by atoms with E-state index in [4.69, 9.17) is 14.2 Å². The van der Waals surface area contributed by atoms with Crippen LogP contribution in [0, 0.1) is 0 Å². The number of carbonyl (C=O) groups is 2. The normalized spacial score (nSPS) is 38.2. The molecule has 4 aliphatic rings. The van der Waals surface area contributed by atoms with Gasteiger partial charge in [-0.25, -0.2) is 18.0 Å². The van der Waals surface area contributed by atoms with E-state index >= 15 is 0 Å². The molecule has 9 heteroatoms. The lowest BCUT2D eigenvalue weighted by atomic mass is 9.89. The summed E-state index contributed by atoms with van der Waals surface area (Å²) in [6.07, 6.45) is 4.59. The van der Waals surface area contributed by atoms with Crippen LogP contribution in [-0.2, 0) is 33.8 Å². The molecule has 2 bridgehead atoms. The summed E-state index contributed by atoms with van der Waals surface area (Å²) in [5.74, 6) is -1.41. The highest BCUT2D eigenvalue weighted by atomic mass is 32.2. The van der Waals surface area contributed by atoms with Crippen LogP contribution >= 0.6 is 0 Å². The second-order valence-corrected chi connectivity index (χ2v) is 9.39. The van der Waals surface area contributed by atoms with E-state index in [1.165, 1.54) is 0 Å². The van der Waals surface area contributed by atoms with Gasteiger partial charge in [-0.15, -0.1) is 0 Å². The van der Waals surface area contributed by atoms with E-state index in [0.29, 0.717) is 6.42 Å². The topological polar surface area (TPSA) is 99.2 Å². The SMILES string of the molecule is C=CC(=O)OCC(=O)OC1C2CC3C(O2)C1N(C1CCCCC1)S3(=O)=O. The molecular weight excluding hydrogens is 362 g/mol. The zero-order valence-corrected chi connectivity index (χ0v) is 15.2. The van der Waals surface area contributed by atoms with Crippen molar-refractivity contribution in [1.29, 1.82) is 0 Å². The molecular formula is C17H23NO7S. The number of rotatable bonds is 5. The van der Waals surface area contributed by atoms with Gasteiger partial charge in [0.1, 0.15) is 11.4 Å². The van der Waals surface area contributed by atoms with Gasteiger partial charge in [0.2, 0.25) is 10.0 Å². The maximum Gasteiger partial charge on any atom is 0.344 e. The van der Waals surface area contributed by atoms with Gasteiger partial charge in [-0.1, -0.05) is 25.8 Å². The maximum atomic E-state index is 13.0. The van der Waals surface area contributed by atoms with E-state index in [-0.39, 0.29) is 6.04 Å². The van der Waals surface area contributed by atoms with Gasteiger partial charge in [0.25, 0.3) is 0 Å². The molecule has 0 N–H and O–H groups in total. The number of hydrogen-bond donors (Lipinski definition) is 0. The summed E-state index contributed by atoms with van der Waals surface area (Å²) in [6, 6.07) is -0.516. The Morgan fingerprint density at radius 1 is 1.23 bits per heavy atom. The Balaban J connectivity index is 1.52. The Labute approximate surface area is 152 Å². The molecule has 0 radical (unpaired) electrons. The first-order valence-corrected chi connectivity index (χ1v) is 10.6. The Morgan fingerprint density at radius 3 is 2.65 bits per heavy atom. The lowest BCUT2D eigenvalue weighted by Crippen LogP contribution is -2.51. The number of sulfonamides is 1. The fourth-order valence-corrected chi connectivity index (χ4v) is 7.36. The molecule has 0 spiro atoms. The third kappa shape index (κ3) is 2.76. The minimum absolute atomic E-state index is 0.0495. The highest BCUT2D eigenvalue weighted by Crippen LogP contribution is 2.51. The Hall–Kier alpha value is -1.45. The lowest BCUT2D eigenvalue weighted by Gasteiger charge is -2.35. The van der Waals surface area contributed by atoms with E-state index in [2.05, 4.69) is 6.58 Å².